The number of aryl methyl sites for hydroxylation is 1. The summed E-state index contributed by atoms with van der Waals surface area (Å²) in [6.07, 6.45) is -0.118. The Bertz CT molecular complexity index is 1950. The van der Waals surface area contributed by atoms with Gasteiger partial charge in [-0.05, 0) is 31.2 Å². The number of ketones is 2. The molecule has 1 spiro atoms. The van der Waals surface area contributed by atoms with Crippen LogP contribution in [0, 0.1) is 12.8 Å². The zero-order valence-electron chi connectivity index (χ0n) is 26.8. The number of amides is 2. The monoisotopic (exact) mass is 693 g/mol. The first-order valence-corrected chi connectivity index (χ1v) is 16.3. The molecule has 250 valence electrons. The highest BCUT2D eigenvalue weighted by Gasteiger charge is 2.63. The number of Topliss-reactive ketones (excluding diaryl/α,β-unsaturated/α-hetero) is 2. The molecular formula is C34H32ClN3O9S. The number of aromatic nitrogens is 1. The van der Waals surface area contributed by atoms with Gasteiger partial charge in [-0.2, -0.15) is 0 Å². The van der Waals surface area contributed by atoms with Crippen molar-refractivity contribution >= 4 is 51.5 Å². The first-order valence-electron chi connectivity index (χ1n) is 15.0. The molecule has 1 aliphatic heterocycles. The molecule has 0 radical (unpaired) electrons. The molecule has 12 nitrogen and oxygen atoms in total. The summed E-state index contributed by atoms with van der Waals surface area (Å²) < 4.78 is 28.7. The molecule has 48 heavy (non-hydrogen) atoms. The van der Waals surface area contributed by atoms with Gasteiger partial charge in [-0.25, -0.2) is 4.98 Å². The molecule has 1 aliphatic carbocycles. The average Bonchev–Trinajstić information content (AvgIpc) is 3.74. The van der Waals surface area contributed by atoms with Crippen LogP contribution >= 0.6 is 22.9 Å². The Morgan fingerprint density at radius 2 is 1.75 bits per heavy atom. The Balaban J connectivity index is 1.34. The van der Waals surface area contributed by atoms with E-state index >= 15 is 0 Å². The van der Waals surface area contributed by atoms with E-state index in [0.29, 0.717) is 28.0 Å². The number of ether oxygens (including phenoxy) is 4. The van der Waals surface area contributed by atoms with Crippen molar-refractivity contribution in [1.82, 2.24) is 10.3 Å². The maximum Gasteiger partial charge on any atom is 0.237 e. The highest BCUT2D eigenvalue weighted by Crippen LogP contribution is 2.54. The zero-order chi connectivity index (χ0) is 34.3. The van der Waals surface area contributed by atoms with E-state index in [1.54, 1.807) is 38.3 Å². The molecule has 2 N–H and O–H groups in total. The second-order valence-corrected chi connectivity index (χ2v) is 12.7. The fourth-order valence-electron chi connectivity index (χ4n) is 6.11. The predicted molar refractivity (Wildman–Crippen MR) is 177 cm³/mol. The van der Waals surface area contributed by atoms with Gasteiger partial charge in [0.05, 0.1) is 39.0 Å². The van der Waals surface area contributed by atoms with Crippen LogP contribution in [0.1, 0.15) is 51.1 Å². The van der Waals surface area contributed by atoms with Crippen LogP contribution in [0.2, 0.25) is 5.02 Å². The lowest BCUT2D eigenvalue weighted by molar-refractivity contribution is -0.120. The third-order valence-corrected chi connectivity index (χ3v) is 9.71. The van der Waals surface area contributed by atoms with Crippen LogP contribution in [0.3, 0.4) is 0 Å². The van der Waals surface area contributed by atoms with Crippen molar-refractivity contribution < 1.29 is 42.5 Å². The second-order valence-electron chi connectivity index (χ2n) is 11.5. The molecule has 6 rings (SSSR count). The van der Waals surface area contributed by atoms with Gasteiger partial charge in [0.25, 0.3) is 0 Å². The molecule has 2 aliphatic rings. The van der Waals surface area contributed by atoms with Gasteiger partial charge in [0.15, 0.2) is 10.9 Å². The van der Waals surface area contributed by atoms with Crippen molar-refractivity contribution in [2.45, 2.75) is 38.7 Å². The van der Waals surface area contributed by atoms with Gasteiger partial charge < -0.3 is 34.0 Å². The van der Waals surface area contributed by atoms with E-state index in [1.807, 2.05) is 12.3 Å². The van der Waals surface area contributed by atoms with E-state index in [2.05, 4.69) is 15.6 Å². The van der Waals surface area contributed by atoms with Crippen molar-refractivity contribution in [2.24, 2.45) is 5.92 Å². The van der Waals surface area contributed by atoms with Crippen molar-refractivity contribution in [3.05, 3.63) is 68.9 Å². The van der Waals surface area contributed by atoms with E-state index in [-0.39, 0.29) is 70.7 Å². The van der Waals surface area contributed by atoms with Gasteiger partial charge in [0.2, 0.25) is 29.0 Å². The van der Waals surface area contributed by atoms with Crippen molar-refractivity contribution in [2.75, 3.05) is 33.2 Å². The minimum atomic E-state index is -1.99. The second kappa shape index (κ2) is 13.0. The number of anilines is 1. The maximum absolute atomic E-state index is 14.7. The van der Waals surface area contributed by atoms with Crippen LogP contribution < -0.4 is 29.6 Å². The normalized spacial score (nSPS) is 17.8. The minimum absolute atomic E-state index is 0.00537. The smallest absolute Gasteiger partial charge is 0.237 e. The molecule has 2 amide bonds. The third kappa shape index (κ3) is 5.56. The Morgan fingerprint density at radius 3 is 2.40 bits per heavy atom. The summed E-state index contributed by atoms with van der Waals surface area (Å²) >= 11 is 7.90. The first kappa shape index (κ1) is 33.0. The first-order chi connectivity index (χ1) is 23.0. The highest BCUT2D eigenvalue weighted by atomic mass is 35.5. The molecule has 2 unspecified atom stereocenters. The average molecular weight is 694 g/mol. The number of fused-ring (bicyclic) bond motifs is 2. The number of carbonyl (C=O) groups excluding carboxylic acids is 4. The summed E-state index contributed by atoms with van der Waals surface area (Å²) in [7, 11) is 4.35. The zero-order valence-corrected chi connectivity index (χ0v) is 28.3. The van der Waals surface area contributed by atoms with Gasteiger partial charge in [0.1, 0.15) is 39.4 Å². The largest absolute Gasteiger partial charge is 0.497 e. The number of halogens is 1. The molecule has 0 fully saturated rings. The molecule has 3 heterocycles. The van der Waals surface area contributed by atoms with Gasteiger partial charge in [-0.1, -0.05) is 18.5 Å². The Kier molecular flexibility index (Phi) is 8.92. The van der Waals surface area contributed by atoms with E-state index in [1.165, 1.54) is 31.6 Å². The number of furan rings is 1. The van der Waals surface area contributed by atoms with Crippen LogP contribution in [0.5, 0.6) is 23.0 Å². The minimum Gasteiger partial charge on any atom is -0.497 e. The third-order valence-electron chi connectivity index (χ3n) is 8.48. The lowest BCUT2D eigenvalue weighted by Gasteiger charge is -2.35. The standard InChI is InChI=1S/C34H32ClN3O9S/c1-16-12-22-26(31(41)34(16)32(42)27-21(44-4)14-23(45-5)28(35)30(27)47-34)20(29(46-22)18-6-8-19(43-3)9-7-18)13-25(40)36-11-10-24(39)38-33-37-17(2)15-48-33/h6-9,14-16H,10-13H2,1-5H3,(H,36,40)(H,37,38,39). The van der Waals surface area contributed by atoms with E-state index < -0.39 is 29.0 Å². The predicted octanol–water partition coefficient (Wildman–Crippen LogP) is 5.47. The molecule has 0 saturated carbocycles. The lowest BCUT2D eigenvalue weighted by atomic mass is 9.70. The van der Waals surface area contributed by atoms with Crippen LogP contribution in [-0.2, 0) is 22.4 Å². The molecular weight excluding hydrogens is 662 g/mol. The summed E-state index contributed by atoms with van der Waals surface area (Å²) in [6, 6.07) is 8.44. The lowest BCUT2D eigenvalue weighted by Crippen LogP contribution is -2.56. The van der Waals surface area contributed by atoms with Crippen molar-refractivity contribution in [1.29, 1.82) is 0 Å². The topological polar surface area (TPSA) is 155 Å². The van der Waals surface area contributed by atoms with E-state index in [4.69, 9.17) is 35.0 Å². The highest BCUT2D eigenvalue weighted by molar-refractivity contribution is 7.13. The number of hydrogen-bond acceptors (Lipinski definition) is 11. The summed E-state index contributed by atoms with van der Waals surface area (Å²) in [4.78, 5) is 59.0. The van der Waals surface area contributed by atoms with Crippen LogP contribution in [-0.4, -0.2) is 61.8 Å². The molecule has 0 bridgehead atoms. The number of benzene rings is 2. The number of methoxy groups -OCH3 is 3. The van der Waals surface area contributed by atoms with Gasteiger partial charge >= 0.3 is 0 Å². The quantitative estimate of drug-likeness (QED) is 0.204. The molecule has 0 saturated heterocycles. The Hall–Kier alpha value is -4.88. The van der Waals surface area contributed by atoms with Crippen LogP contribution in [0.25, 0.3) is 11.3 Å². The molecule has 2 aromatic carbocycles. The fourth-order valence-corrected chi connectivity index (χ4v) is 7.08. The molecule has 4 aromatic rings. The Labute approximate surface area is 284 Å². The van der Waals surface area contributed by atoms with Gasteiger partial charge in [-0.3, -0.25) is 19.2 Å². The van der Waals surface area contributed by atoms with Crippen molar-refractivity contribution in [3.63, 3.8) is 0 Å². The Morgan fingerprint density at radius 1 is 1.04 bits per heavy atom. The van der Waals surface area contributed by atoms with Gasteiger partial charge in [0, 0.05) is 47.9 Å². The maximum atomic E-state index is 14.7. The van der Waals surface area contributed by atoms with Crippen LogP contribution in [0.15, 0.2) is 40.1 Å². The number of rotatable bonds is 10. The molecule has 2 atom stereocenters. The molecule has 14 heteroatoms. The molecule has 2 aromatic heterocycles. The number of nitrogens with zero attached hydrogens (tertiary/aromatic N) is 1. The van der Waals surface area contributed by atoms with Gasteiger partial charge in [-0.15, -0.1) is 11.3 Å². The number of hydrogen-bond donors (Lipinski definition) is 2. The fraction of sp³-hybridized carbons (Fsp3) is 0.324. The number of carbonyl (C=O) groups is 4. The number of thiazole rings is 1. The summed E-state index contributed by atoms with van der Waals surface area (Å²) in [5.74, 6) is -1.11. The summed E-state index contributed by atoms with van der Waals surface area (Å²) in [6.45, 7) is 3.59. The van der Waals surface area contributed by atoms with Crippen molar-refractivity contribution in [3.8, 4) is 34.3 Å². The van der Waals surface area contributed by atoms with E-state index in [9.17, 15) is 19.2 Å². The summed E-state index contributed by atoms with van der Waals surface area (Å²) in [5, 5.41) is 7.79. The number of nitrogens with one attached hydrogen (secondary N) is 2. The van der Waals surface area contributed by atoms with E-state index in [0.717, 1.165) is 5.69 Å². The van der Waals surface area contributed by atoms with Crippen LogP contribution in [0.4, 0.5) is 5.13 Å². The SMILES string of the molecule is COc1ccc(-c2oc3c(c2CC(=O)NCCC(=O)Nc2nc(C)cs2)C(=O)C2(Oc4c(Cl)c(OC)cc(OC)c4C2=O)C(C)C3)cc1. The summed E-state index contributed by atoms with van der Waals surface area (Å²) in [5.41, 5.74) is -0.185.